The van der Waals surface area contributed by atoms with E-state index < -0.39 is 26.7 Å². The second kappa shape index (κ2) is 14.0. The van der Waals surface area contributed by atoms with Crippen LogP contribution >= 0.6 is 15.2 Å². The van der Waals surface area contributed by atoms with E-state index in [1.807, 2.05) is 0 Å². The van der Waals surface area contributed by atoms with Gasteiger partial charge in [-0.15, -0.1) is 0 Å². The van der Waals surface area contributed by atoms with E-state index in [0.29, 0.717) is 0 Å². The summed E-state index contributed by atoms with van der Waals surface area (Å²) in [5.41, 5.74) is 5.01. The molecule has 13 N–H and O–H groups in total. The Labute approximate surface area is 165 Å². The van der Waals surface area contributed by atoms with Gasteiger partial charge in [-0.3, -0.25) is 9.13 Å². The van der Waals surface area contributed by atoms with Crippen LogP contribution in [0.15, 0.2) is 0 Å². The molecule has 0 rings (SSSR count). The summed E-state index contributed by atoms with van der Waals surface area (Å²) in [6.45, 7) is -0.0394. The Morgan fingerprint density at radius 3 is 1.42 bits per heavy atom. The zero-order chi connectivity index (χ0) is 11.6. The standard InChI is InChI=1S/C4H13NO7P2.Ca.Na.3H2O.3H/c5-3-1-2-4(6,13(7,8)9)14(10,11)12;;;;;;;;/h6H,1-3,5H2,(H2,7,8,9)(H2,10,11,12);;;3*1H2;;;/q;+2;+1;;;;3*-1. The molecule has 0 aromatic heterocycles. The zero-order valence-electron chi connectivity index (χ0n) is 13.4. The monoisotopic (exact) mass is 369 g/mol. The van der Waals surface area contributed by atoms with Gasteiger partial charge in [0, 0.05) is 6.42 Å². The van der Waals surface area contributed by atoms with Crippen molar-refractivity contribution in [1.82, 2.24) is 0 Å². The van der Waals surface area contributed by atoms with E-state index in [1.54, 1.807) is 0 Å². The van der Waals surface area contributed by atoms with Crippen LogP contribution in [0.1, 0.15) is 17.1 Å². The first-order valence-electron chi connectivity index (χ1n) is 3.60. The van der Waals surface area contributed by atoms with Crippen LogP contribution in [0.5, 0.6) is 0 Å². The van der Waals surface area contributed by atoms with Crippen molar-refractivity contribution < 1.29 is 84.1 Å². The van der Waals surface area contributed by atoms with Crippen molar-refractivity contribution in [2.75, 3.05) is 6.54 Å². The minimum Gasteiger partial charge on any atom is -1.00 e. The van der Waals surface area contributed by atoms with Crippen LogP contribution in [0, 0.1) is 0 Å². The van der Waals surface area contributed by atoms with E-state index in [9.17, 15) is 14.2 Å². The van der Waals surface area contributed by atoms with Crippen LogP contribution in [-0.2, 0) is 9.13 Å². The van der Waals surface area contributed by atoms with Gasteiger partial charge in [0.2, 0.25) is 0 Å². The first-order valence-corrected chi connectivity index (χ1v) is 6.82. The fraction of sp³-hybridized carbons (Fsp3) is 1.00. The Morgan fingerprint density at radius 1 is 1.00 bits per heavy atom. The Morgan fingerprint density at radius 2 is 1.26 bits per heavy atom. The van der Waals surface area contributed by atoms with Crippen molar-refractivity contribution in [3.05, 3.63) is 0 Å². The molecule has 0 aliphatic heterocycles. The van der Waals surface area contributed by atoms with E-state index in [0.717, 1.165) is 0 Å². The summed E-state index contributed by atoms with van der Waals surface area (Å²) in [5, 5.41) is 5.91. The number of hydrogen-bond donors (Lipinski definition) is 6. The van der Waals surface area contributed by atoms with Gasteiger partial charge in [0.25, 0.3) is 5.08 Å². The largest absolute Gasteiger partial charge is 2.00 e. The molecule has 116 valence electrons. The molecular formula is C4H22CaNNaO10P2. The summed E-state index contributed by atoms with van der Waals surface area (Å²) in [5.74, 6) is 0. The smallest absolute Gasteiger partial charge is 1.00 e. The third-order valence-electron chi connectivity index (χ3n) is 1.65. The number of aliphatic hydroxyl groups is 1. The molecule has 0 aliphatic carbocycles. The summed E-state index contributed by atoms with van der Waals surface area (Å²) in [6, 6.07) is 0. The molecule has 19 heavy (non-hydrogen) atoms. The van der Waals surface area contributed by atoms with E-state index in [2.05, 4.69) is 0 Å². The Hall–Kier alpha value is 2.36. The van der Waals surface area contributed by atoms with Crippen molar-refractivity contribution in [1.29, 1.82) is 0 Å². The second-order valence-corrected chi connectivity index (χ2v) is 6.76. The fourth-order valence-electron chi connectivity index (χ4n) is 0.800. The van der Waals surface area contributed by atoms with Gasteiger partial charge in [-0.2, -0.15) is 0 Å². The molecule has 0 saturated carbocycles. The minimum absolute atomic E-state index is 0. The Bertz CT molecular complexity index is 284. The summed E-state index contributed by atoms with van der Waals surface area (Å²) < 4.78 is 21.4. The van der Waals surface area contributed by atoms with Crippen molar-refractivity contribution >= 4 is 52.9 Å². The van der Waals surface area contributed by atoms with E-state index in [4.69, 9.17) is 25.3 Å². The molecule has 0 fully saturated rings. The normalized spacial score (nSPS) is 10.6. The number of nitrogens with two attached hydrogens (primary N) is 1. The predicted molar refractivity (Wildman–Crippen MR) is 67.3 cm³/mol. The molecule has 0 bridgehead atoms. The maximum Gasteiger partial charge on any atom is 2.00 e. The van der Waals surface area contributed by atoms with Crippen LogP contribution in [0.25, 0.3) is 0 Å². The fourth-order valence-corrected chi connectivity index (χ4v) is 3.06. The summed E-state index contributed by atoms with van der Waals surface area (Å²) in [4.78, 5) is 34.5. The molecule has 0 spiro atoms. The average molecular weight is 369 g/mol. The topological polar surface area (TPSA) is 256 Å². The second-order valence-electron chi connectivity index (χ2n) is 2.75. The van der Waals surface area contributed by atoms with Crippen molar-refractivity contribution in [2.45, 2.75) is 17.9 Å². The predicted octanol–water partition coefficient (Wildman–Crippen LogP) is -6.79. The molecule has 0 atom stereocenters. The van der Waals surface area contributed by atoms with Crippen LogP contribution in [-0.4, -0.2) is 90.5 Å². The van der Waals surface area contributed by atoms with Crippen LogP contribution in [0.3, 0.4) is 0 Å². The molecule has 0 radical (unpaired) electrons. The molecule has 0 aromatic rings. The van der Waals surface area contributed by atoms with Gasteiger partial charge in [0.15, 0.2) is 0 Å². The molecule has 0 aliphatic rings. The molecule has 0 amide bonds. The maximum atomic E-state index is 10.7. The van der Waals surface area contributed by atoms with Gasteiger partial charge in [-0.1, -0.05) is 0 Å². The van der Waals surface area contributed by atoms with Gasteiger partial charge in [-0.25, -0.2) is 0 Å². The molecule has 0 saturated heterocycles. The van der Waals surface area contributed by atoms with E-state index in [-0.39, 0.29) is 101 Å². The minimum atomic E-state index is -5.30. The zero-order valence-corrected chi connectivity index (χ0v) is 16.3. The summed E-state index contributed by atoms with van der Waals surface area (Å²) in [6.07, 6.45) is -0.856. The summed E-state index contributed by atoms with van der Waals surface area (Å²) >= 11 is 0. The Kier molecular flexibility index (Phi) is 27.6. The molecule has 11 nitrogen and oxygen atoms in total. The van der Waals surface area contributed by atoms with Crippen molar-refractivity contribution in [3.8, 4) is 0 Å². The van der Waals surface area contributed by atoms with Gasteiger partial charge in [0.1, 0.15) is 0 Å². The quantitative estimate of drug-likeness (QED) is 0.200. The summed E-state index contributed by atoms with van der Waals surface area (Å²) in [7, 11) is -10.6. The van der Waals surface area contributed by atoms with Gasteiger partial charge in [-0.05, 0) is 13.0 Å². The number of rotatable bonds is 5. The van der Waals surface area contributed by atoms with Crippen LogP contribution in [0.2, 0.25) is 0 Å². The van der Waals surface area contributed by atoms with Crippen LogP contribution < -0.4 is 35.3 Å². The number of hydrogen-bond acceptors (Lipinski definition) is 4. The maximum absolute atomic E-state index is 10.7. The third-order valence-corrected chi connectivity index (χ3v) is 5.53. The first kappa shape index (κ1) is 37.5. The average Bonchev–Trinajstić information content (AvgIpc) is 1.95. The van der Waals surface area contributed by atoms with Gasteiger partial charge >= 0.3 is 82.5 Å². The van der Waals surface area contributed by atoms with Crippen molar-refractivity contribution in [2.24, 2.45) is 5.73 Å². The molecule has 15 heteroatoms. The van der Waals surface area contributed by atoms with E-state index >= 15 is 0 Å². The Balaban J connectivity index is -0.0000000302. The third kappa shape index (κ3) is 10.7. The van der Waals surface area contributed by atoms with Crippen LogP contribution in [0.4, 0.5) is 0 Å². The SMILES string of the molecule is NCCCC(O)(P(=O)(O)O)P(=O)(O)O.O.O.O.[Ca+2].[H-].[H-].[H-].[Na+]. The molecule has 0 aromatic carbocycles. The van der Waals surface area contributed by atoms with E-state index in [1.165, 1.54) is 0 Å². The first-order chi connectivity index (χ1) is 6.06. The van der Waals surface area contributed by atoms with Crippen molar-refractivity contribution in [3.63, 3.8) is 0 Å². The molecular weight excluding hydrogens is 347 g/mol. The molecule has 0 heterocycles. The van der Waals surface area contributed by atoms with Gasteiger partial charge in [0.05, 0.1) is 0 Å². The molecule has 0 unspecified atom stereocenters. The van der Waals surface area contributed by atoms with Gasteiger partial charge < -0.3 is 51.1 Å².